The first kappa shape index (κ1) is 23.9. The molecule has 0 aliphatic heterocycles. The molecule has 1 aromatic carbocycles. The van der Waals surface area contributed by atoms with E-state index in [1.807, 2.05) is 29.0 Å². The van der Waals surface area contributed by atoms with E-state index in [0.29, 0.717) is 12.5 Å². The molecule has 1 aromatic rings. The van der Waals surface area contributed by atoms with Gasteiger partial charge in [0.1, 0.15) is 0 Å². The molecule has 0 aromatic heterocycles. The van der Waals surface area contributed by atoms with Gasteiger partial charge >= 0.3 is 15.5 Å². The molecule has 0 aliphatic rings. The quantitative estimate of drug-likeness (QED) is 0.517. The average Bonchev–Trinajstić information content (AvgIpc) is 2.63. The second-order valence-electron chi connectivity index (χ2n) is 6.89. The van der Waals surface area contributed by atoms with Gasteiger partial charge in [-0.05, 0) is 42.7 Å². The third-order valence-electron chi connectivity index (χ3n) is 5.16. The molecule has 1 unspecified atom stereocenters. The number of hydrogen-bond acceptors (Lipinski definition) is 3. The van der Waals surface area contributed by atoms with Crippen LogP contribution in [0.5, 0.6) is 0 Å². The van der Waals surface area contributed by atoms with Crippen LogP contribution >= 0.6 is 0 Å². The minimum atomic E-state index is -5.39. The first-order valence-corrected chi connectivity index (χ1v) is 10.8. The molecule has 0 saturated heterocycles. The van der Waals surface area contributed by atoms with Crippen molar-refractivity contribution in [2.24, 2.45) is 0 Å². The van der Waals surface area contributed by atoms with E-state index in [-0.39, 0.29) is 25.9 Å². The van der Waals surface area contributed by atoms with Gasteiger partial charge in [-0.3, -0.25) is 0 Å². The van der Waals surface area contributed by atoms with Crippen molar-refractivity contribution in [3.05, 3.63) is 35.4 Å². The Morgan fingerprint density at radius 3 is 2.07 bits per heavy atom. The molecule has 0 amide bonds. The molecule has 0 radical (unpaired) electrons. The zero-order valence-electron chi connectivity index (χ0n) is 16.4. The van der Waals surface area contributed by atoms with Crippen molar-refractivity contribution in [1.29, 1.82) is 0 Å². The summed E-state index contributed by atoms with van der Waals surface area (Å²) >= 11 is 0. The zero-order chi connectivity index (χ0) is 20.7. The molecule has 8 heteroatoms. The van der Waals surface area contributed by atoms with Crippen molar-refractivity contribution in [1.82, 2.24) is 4.72 Å². The van der Waals surface area contributed by atoms with Gasteiger partial charge in [0.05, 0.1) is 6.61 Å². The number of benzene rings is 1. The lowest BCUT2D eigenvalue weighted by atomic mass is 9.91. The Bertz CT molecular complexity index is 668. The third kappa shape index (κ3) is 6.76. The summed E-state index contributed by atoms with van der Waals surface area (Å²) in [6.45, 7) is 8.10. The molecule has 1 N–H and O–H groups in total. The second kappa shape index (κ2) is 9.89. The Hall–Kier alpha value is -1.12. The first-order valence-electron chi connectivity index (χ1n) is 9.27. The average molecular weight is 410 g/mol. The number of alkyl halides is 3. The number of rotatable bonds is 11. The highest BCUT2D eigenvalue weighted by Gasteiger charge is 2.49. The van der Waals surface area contributed by atoms with Crippen LogP contribution in [0.15, 0.2) is 24.3 Å². The van der Waals surface area contributed by atoms with Gasteiger partial charge < -0.3 is 4.74 Å². The van der Waals surface area contributed by atoms with Crippen molar-refractivity contribution >= 4 is 10.0 Å². The predicted octanol–water partition coefficient (Wildman–Crippen LogP) is 5.10. The minimum absolute atomic E-state index is 0.162. The summed E-state index contributed by atoms with van der Waals surface area (Å²) in [6, 6.07) is 8.04. The summed E-state index contributed by atoms with van der Waals surface area (Å²) in [7, 11) is -5.39. The molecule has 1 atom stereocenters. The molecule has 0 spiro atoms. The zero-order valence-corrected chi connectivity index (χ0v) is 17.2. The van der Waals surface area contributed by atoms with E-state index < -0.39 is 21.1 Å². The van der Waals surface area contributed by atoms with Crippen LogP contribution in [-0.4, -0.2) is 26.1 Å². The molecule has 0 aliphatic carbocycles. The monoisotopic (exact) mass is 409 g/mol. The fourth-order valence-corrected chi connectivity index (χ4v) is 3.85. The van der Waals surface area contributed by atoms with Crippen molar-refractivity contribution in [3.63, 3.8) is 0 Å². The smallest absolute Gasteiger partial charge is 0.377 e. The summed E-state index contributed by atoms with van der Waals surface area (Å²) in [5.41, 5.74) is -4.27. The van der Waals surface area contributed by atoms with Crippen molar-refractivity contribution < 1.29 is 26.3 Å². The van der Waals surface area contributed by atoms with Crippen LogP contribution < -0.4 is 4.72 Å². The van der Waals surface area contributed by atoms with Gasteiger partial charge in [-0.1, -0.05) is 52.0 Å². The van der Waals surface area contributed by atoms with Crippen LogP contribution in [0, 0.1) is 0 Å². The highest BCUT2D eigenvalue weighted by Crippen LogP contribution is 2.28. The third-order valence-corrected chi connectivity index (χ3v) is 6.48. The van der Waals surface area contributed by atoms with Gasteiger partial charge in [-0.2, -0.15) is 13.2 Å². The lowest BCUT2D eigenvalue weighted by Crippen LogP contribution is -2.52. The van der Waals surface area contributed by atoms with Gasteiger partial charge in [0.2, 0.25) is 0 Å². The molecule has 0 saturated carbocycles. The van der Waals surface area contributed by atoms with Gasteiger partial charge in [0.15, 0.2) is 0 Å². The Morgan fingerprint density at radius 1 is 1.07 bits per heavy atom. The van der Waals surface area contributed by atoms with E-state index in [1.165, 1.54) is 5.56 Å². The van der Waals surface area contributed by atoms with E-state index in [4.69, 9.17) is 4.74 Å². The standard InChI is InChI=1S/C19H30F3NO3S/c1-5-15(4)17-10-8-16(9-11-17)14-26-13-12-18(6-2,7-3)23-27(24,25)19(20,21)22/h8-11,15,23H,5-7,12-14H2,1-4H3. The Morgan fingerprint density at radius 2 is 1.63 bits per heavy atom. The Labute approximate surface area is 160 Å². The molecule has 156 valence electrons. The minimum Gasteiger partial charge on any atom is -0.377 e. The Kier molecular flexibility index (Phi) is 8.76. The van der Waals surface area contributed by atoms with E-state index in [9.17, 15) is 21.6 Å². The largest absolute Gasteiger partial charge is 0.511 e. The number of halogens is 3. The van der Waals surface area contributed by atoms with Crippen LogP contribution in [-0.2, 0) is 21.4 Å². The van der Waals surface area contributed by atoms with Crippen LogP contribution in [0.2, 0.25) is 0 Å². The SMILES string of the molecule is CCC(C)c1ccc(COCCC(CC)(CC)NS(=O)(=O)C(F)(F)F)cc1. The molecule has 4 nitrogen and oxygen atoms in total. The van der Waals surface area contributed by atoms with E-state index in [2.05, 4.69) is 13.8 Å². The molecule has 0 fully saturated rings. The van der Waals surface area contributed by atoms with Gasteiger partial charge in [0.25, 0.3) is 0 Å². The van der Waals surface area contributed by atoms with Crippen molar-refractivity contribution in [2.45, 2.75) is 77.0 Å². The number of nitrogens with one attached hydrogen (secondary N) is 1. The molecular weight excluding hydrogens is 379 g/mol. The summed E-state index contributed by atoms with van der Waals surface area (Å²) in [5.74, 6) is 0.483. The fourth-order valence-electron chi connectivity index (χ4n) is 2.78. The topological polar surface area (TPSA) is 55.4 Å². The predicted molar refractivity (Wildman–Crippen MR) is 101 cm³/mol. The van der Waals surface area contributed by atoms with Crippen LogP contribution in [0.25, 0.3) is 0 Å². The van der Waals surface area contributed by atoms with E-state index in [0.717, 1.165) is 12.0 Å². The van der Waals surface area contributed by atoms with Crippen molar-refractivity contribution in [2.75, 3.05) is 6.61 Å². The highest BCUT2D eigenvalue weighted by atomic mass is 32.2. The summed E-state index contributed by atoms with van der Waals surface area (Å²) in [4.78, 5) is 0. The lowest BCUT2D eigenvalue weighted by Gasteiger charge is -2.32. The lowest BCUT2D eigenvalue weighted by molar-refractivity contribution is -0.0460. The number of hydrogen-bond donors (Lipinski definition) is 1. The van der Waals surface area contributed by atoms with Crippen LogP contribution in [0.4, 0.5) is 13.2 Å². The summed E-state index contributed by atoms with van der Waals surface area (Å²) < 4.78 is 68.4. The van der Waals surface area contributed by atoms with Crippen LogP contribution in [0.3, 0.4) is 0 Å². The molecule has 0 heterocycles. The first-order chi connectivity index (χ1) is 12.5. The Balaban J connectivity index is 2.63. The number of ether oxygens (including phenoxy) is 1. The van der Waals surface area contributed by atoms with Gasteiger partial charge in [-0.25, -0.2) is 13.1 Å². The van der Waals surface area contributed by atoms with Crippen LogP contribution in [0.1, 0.15) is 70.4 Å². The summed E-state index contributed by atoms with van der Waals surface area (Å²) in [6.07, 6.45) is 1.71. The maximum absolute atomic E-state index is 12.7. The number of sulfonamides is 1. The van der Waals surface area contributed by atoms with Gasteiger partial charge in [-0.15, -0.1) is 0 Å². The fraction of sp³-hybridized carbons (Fsp3) is 0.684. The molecule has 27 heavy (non-hydrogen) atoms. The molecule has 0 bridgehead atoms. The second-order valence-corrected chi connectivity index (χ2v) is 8.57. The molecule has 1 rings (SSSR count). The van der Waals surface area contributed by atoms with E-state index >= 15 is 0 Å². The summed E-state index contributed by atoms with van der Waals surface area (Å²) in [5, 5.41) is 0. The van der Waals surface area contributed by atoms with Crippen molar-refractivity contribution in [3.8, 4) is 0 Å². The maximum Gasteiger partial charge on any atom is 0.511 e. The van der Waals surface area contributed by atoms with E-state index in [1.54, 1.807) is 13.8 Å². The van der Waals surface area contributed by atoms with Gasteiger partial charge in [0, 0.05) is 12.1 Å². The maximum atomic E-state index is 12.7. The highest BCUT2D eigenvalue weighted by molar-refractivity contribution is 7.90. The normalized spacial score (nSPS) is 14.3. The molecular formula is C19H30F3NO3S.